The van der Waals surface area contributed by atoms with Crippen molar-refractivity contribution in [3.63, 3.8) is 0 Å². The third-order valence-electron chi connectivity index (χ3n) is 3.10. The van der Waals surface area contributed by atoms with Gasteiger partial charge in [-0.1, -0.05) is 36.4 Å². The monoisotopic (exact) mass is 315 g/mol. The minimum absolute atomic E-state index is 0.172. The molecular formula is C18H19O3S+. The van der Waals surface area contributed by atoms with E-state index >= 15 is 0 Å². The molecule has 0 saturated carbocycles. The Bertz CT molecular complexity index is 586. The summed E-state index contributed by atoms with van der Waals surface area (Å²) in [5.41, 5.74) is 0. The first-order chi connectivity index (χ1) is 10.6. The first-order valence-electron chi connectivity index (χ1n) is 7.15. The van der Waals surface area contributed by atoms with Crippen LogP contribution in [0.4, 0.5) is 0 Å². The molecule has 2 rings (SSSR count). The Balaban J connectivity index is 2.51. The van der Waals surface area contributed by atoms with Crippen molar-refractivity contribution < 1.29 is 14.3 Å². The third-order valence-corrected chi connectivity index (χ3v) is 5.66. The standard InChI is InChI=1S/C18H19O3S/c1-3-21-18(20)17(14(2)19)22(15-10-6-4-7-11-15)16-12-8-5-9-13-16/h4-13,17H,3H2,1-2H3/q+1. The number of esters is 1. The van der Waals surface area contributed by atoms with Gasteiger partial charge in [-0.15, -0.1) is 0 Å². The number of hydrogen-bond donors (Lipinski definition) is 0. The zero-order chi connectivity index (χ0) is 15.9. The van der Waals surface area contributed by atoms with Crippen molar-refractivity contribution >= 4 is 22.6 Å². The molecule has 0 heterocycles. The Hall–Kier alpha value is -2.07. The van der Waals surface area contributed by atoms with Crippen molar-refractivity contribution in [1.29, 1.82) is 0 Å². The van der Waals surface area contributed by atoms with Gasteiger partial charge in [0.15, 0.2) is 15.6 Å². The van der Waals surface area contributed by atoms with Gasteiger partial charge in [-0.3, -0.25) is 4.79 Å². The van der Waals surface area contributed by atoms with Crippen LogP contribution in [0.3, 0.4) is 0 Å². The van der Waals surface area contributed by atoms with Crippen molar-refractivity contribution in [2.45, 2.75) is 28.9 Å². The van der Waals surface area contributed by atoms with Gasteiger partial charge in [0.25, 0.3) is 5.25 Å². The summed E-state index contributed by atoms with van der Waals surface area (Å²) in [5, 5.41) is -0.801. The molecule has 2 aromatic rings. The van der Waals surface area contributed by atoms with Crippen LogP contribution in [-0.2, 0) is 25.2 Å². The molecule has 1 unspecified atom stereocenters. The van der Waals surface area contributed by atoms with Crippen LogP contribution in [0.1, 0.15) is 13.8 Å². The lowest BCUT2D eigenvalue weighted by Crippen LogP contribution is -2.38. The van der Waals surface area contributed by atoms with Crippen LogP contribution in [-0.4, -0.2) is 23.6 Å². The van der Waals surface area contributed by atoms with Gasteiger partial charge in [0.1, 0.15) is 0 Å². The first kappa shape index (κ1) is 16.3. The van der Waals surface area contributed by atoms with E-state index in [1.165, 1.54) is 6.92 Å². The molecule has 22 heavy (non-hydrogen) atoms. The summed E-state index contributed by atoms with van der Waals surface area (Å²) in [6.45, 7) is 3.47. The average Bonchev–Trinajstić information content (AvgIpc) is 2.54. The Kier molecular flexibility index (Phi) is 5.78. The lowest BCUT2D eigenvalue weighted by Gasteiger charge is -2.15. The Labute approximate surface area is 133 Å². The van der Waals surface area contributed by atoms with Gasteiger partial charge in [0.2, 0.25) is 0 Å². The summed E-state index contributed by atoms with van der Waals surface area (Å²) >= 11 is 0. The fourth-order valence-corrected chi connectivity index (χ4v) is 4.50. The quantitative estimate of drug-likeness (QED) is 0.467. The second-order valence-corrected chi connectivity index (χ2v) is 6.80. The van der Waals surface area contributed by atoms with E-state index < -0.39 is 22.1 Å². The topological polar surface area (TPSA) is 43.4 Å². The van der Waals surface area contributed by atoms with E-state index in [4.69, 9.17) is 4.74 Å². The molecule has 0 bridgehead atoms. The van der Waals surface area contributed by atoms with Gasteiger partial charge in [0.05, 0.1) is 17.5 Å². The number of rotatable bonds is 6. The van der Waals surface area contributed by atoms with Gasteiger partial charge in [0, 0.05) is 6.92 Å². The normalized spacial score (nSPS) is 12.0. The van der Waals surface area contributed by atoms with E-state index in [1.54, 1.807) is 6.92 Å². The number of hydrogen-bond acceptors (Lipinski definition) is 3. The molecule has 0 aliphatic heterocycles. The van der Waals surface area contributed by atoms with Crippen molar-refractivity contribution in [3.05, 3.63) is 60.7 Å². The second-order valence-electron chi connectivity index (χ2n) is 4.71. The second kappa shape index (κ2) is 7.80. The number of benzene rings is 2. The lowest BCUT2D eigenvalue weighted by atomic mass is 10.3. The molecule has 0 radical (unpaired) electrons. The minimum atomic E-state index is -0.801. The van der Waals surface area contributed by atoms with E-state index in [1.807, 2.05) is 60.7 Å². The predicted octanol–water partition coefficient (Wildman–Crippen LogP) is 3.24. The Morgan fingerprint density at radius 3 is 1.77 bits per heavy atom. The molecule has 0 spiro atoms. The van der Waals surface area contributed by atoms with E-state index in [0.717, 1.165) is 9.79 Å². The summed E-state index contributed by atoms with van der Waals surface area (Å²) < 4.78 is 5.14. The molecule has 0 saturated heterocycles. The minimum Gasteiger partial charge on any atom is -0.462 e. The first-order valence-corrected chi connectivity index (χ1v) is 8.44. The van der Waals surface area contributed by atoms with Crippen molar-refractivity contribution in [2.75, 3.05) is 6.61 Å². The summed E-state index contributed by atoms with van der Waals surface area (Å²) in [5.74, 6) is -0.625. The molecule has 0 N–H and O–H groups in total. The zero-order valence-corrected chi connectivity index (χ0v) is 13.5. The SMILES string of the molecule is CCOC(=O)C(C(C)=O)[S+](c1ccccc1)c1ccccc1. The number of ketones is 1. The van der Waals surface area contributed by atoms with Crippen LogP contribution in [0, 0.1) is 0 Å². The fourth-order valence-electron chi connectivity index (χ4n) is 2.19. The highest BCUT2D eigenvalue weighted by atomic mass is 32.2. The molecule has 2 aromatic carbocycles. The van der Waals surface area contributed by atoms with Crippen LogP contribution >= 0.6 is 0 Å². The summed E-state index contributed by atoms with van der Waals surface area (Å²) in [4.78, 5) is 26.4. The highest BCUT2D eigenvalue weighted by Gasteiger charge is 2.45. The fraction of sp³-hybridized carbons (Fsp3) is 0.222. The van der Waals surface area contributed by atoms with Gasteiger partial charge in [-0.2, -0.15) is 0 Å². The van der Waals surface area contributed by atoms with Gasteiger partial charge >= 0.3 is 5.97 Å². The number of ether oxygens (including phenoxy) is 1. The smallest absolute Gasteiger partial charge is 0.368 e. The summed E-state index contributed by atoms with van der Waals surface area (Å²) in [6.07, 6.45) is 0. The average molecular weight is 315 g/mol. The van der Waals surface area contributed by atoms with Gasteiger partial charge in [-0.05, 0) is 31.2 Å². The Morgan fingerprint density at radius 1 is 0.955 bits per heavy atom. The van der Waals surface area contributed by atoms with Crippen LogP contribution < -0.4 is 0 Å². The van der Waals surface area contributed by atoms with Crippen LogP contribution in [0.25, 0.3) is 0 Å². The zero-order valence-electron chi connectivity index (χ0n) is 12.7. The third kappa shape index (κ3) is 3.77. The van der Waals surface area contributed by atoms with Crippen LogP contribution in [0.15, 0.2) is 70.5 Å². The molecule has 0 fully saturated rings. The molecular weight excluding hydrogens is 296 g/mol. The van der Waals surface area contributed by atoms with Crippen molar-refractivity contribution in [1.82, 2.24) is 0 Å². The van der Waals surface area contributed by atoms with E-state index in [9.17, 15) is 9.59 Å². The lowest BCUT2D eigenvalue weighted by molar-refractivity contribution is -0.144. The number of carbonyl (C=O) groups is 2. The van der Waals surface area contributed by atoms with Gasteiger partial charge < -0.3 is 4.74 Å². The highest BCUT2D eigenvalue weighted by Crippen LogP contribution is 2.28. The maximum absolute atomic E-state index is 12.3. The molecule has 0 aliphatic rings. The van der Waals surface area contributed by atoms with Gasteiger partial charge in [-0.25, -0.2) is 4.79 Å². The van der Waals surface area contributed by atoms with E-state index in [0.29, 0.717) is 0 Å². The summed E-state index contributed by atoms with van der Waals surface area (Å²) in [6, 6.07) is 19.3. The molecule has 4 heteroatoms. The molecule has 0 amide bonds. The summed E-state index contributed by atoms with van der Waals surface area (Å²) in [7, 11) is -0.675. The van der Waals surface area contributed by atoms with Crippen LogP contribution in [0.5, 0.6) is 0 Å². The molecule has 0 aromatic heterocycles. The van der Waals surface area contributed by atoms with Crippen molar-refractivity contribution in [3.8, 4) is 0 Å². The largest absolute Gasteiger partial charge is 0.462 e. The number of Topliss-reactive ketones (excluding diaryl/α,β-unsaturated/α-hetero) is 1. The van der Waals surface area contributed by atoms with E-state index in [2.05, 4.69) is 0 Å². The molecule has 114 valence electrons. The van der Waals surface area contributed by atoms with E-state index in [-0.39, 0.29) is 12.4 Å². The Morgan fingerprint density at radius 2 is 1.41 bits per heavy atom. The highest BCUT2D eigenvalue weighted by molar-refractivity contribution is 7.99. The maximum atomic E-state index is 12.3. The molecule has 1 atom stereocenters. The molecule has 3 nitrogen and oxygen atoms in total. The number of carbonyl (C=O) groups excluding carboxylic acids is 2. The molecule has 0 aliphatic carbocycles. The predicted molar refractivity (Wildman–Crippen MR) is 87.9 cm³/mol. The van der Waals surface area contributed by atoms with Crippen molar-refractivity contribution in [2.24, 2.45) is 0 Å². The maximum Gasteiger partial charge on any atom is 0.368 e. The van der Waals surface area contributed by atoms with Crippen LogP contribution in [0.2, 0.25) is 0 Å².